The molecule has 0 atom stereocenters. The lowest BCUT2D eigenvalue weighted by Gasteiger charge is -2.08. The van der Waals surface area contributed by atoms with Crippen LogP contribution in [-0.4, -0.2) is 12.1 Å². The van der Waals surface area contributed by atoms with Gasteiger partial charge in [-0.05, 0) is 26.0 Å². The number of nitrogens with two attached hydrogens (primary N) is 1. The summed E-state index contributed by atoms with van der Waals surface area (Å²) in [6.07, 6.45) is 0. The highest BCUT2D eigenvalue weighted by Crippen LogP contribution is 2.27. The monoisotopic (exact) mass is 264 g/mol. The number of aromatic nitrogens is 1. The van der Waals surface area contributed by atoms with Crippen LogP contribution in [0.4, 0.5) is 5.69 Å². The first-order chi connectivity index (χ1) is 8.60. The van der Waals surface area contributed by atoms with E-state index >= 15 is 0 Å². The third kappa shape index (κ3) is 2.73. The average molecular weight is 264 g/mol. The average Bonchev–Trinajstić information content (AvgIpc) is 2.67. The van der Waals surface area contributed by atoms with Gasteiger partial charge in [0.2, 0.25) is 0 Å². The van der Waals surface area contributed by atoms with E-state index in [0.29, 0.717) is 18.0 Å². The lowest BCUT2D eigenvalue weighted by Crippen LogP contribution is -1.99. The maximum atomic E-state index is 5.87. The molecule has 1 aromatic carbocycles. The van der Waals surface area contributed by atoms with Gasteiger partial charge in [-0.25, -0.2) is 4.98 Å². The summed E-state index contributed by atoms with van der Waals surface area (Å²) < 4.78 is 10.7. The van der Waals surface area contributed by atoms with E-state index in [1.54, 1.807) is 24.5 Å². The van der Waals surface area contributed by atoms with Crippen molar-refractivity contribution in [2.75, 3.05) is 12.8 Å². The SMILES string of the molecule is COc1ccc(OCc2nc(C)c(C)s2)c(N)c1. The summed E-state index contributed by atoms with van der Waals surface area (Å²) in [5.41, 5.74) is 7.50. The summed E-state index contributed by atoms with van der Waals surface area (Å²) in [5.74, 6) is 1.38. The number of methoxy groups -OCH3 is 1. The van der Waals surface area contributed by atoms with Gasteiger partial charge in [-0.1, -0.05) is 0 Å². The molecule has 0 spiro atoms. The number of hydrogen-bond acceptors (Lipinski definition) is 5. The van der Waals surface area contributed by atoms with Crippen LogP contribution in [0.1, 0.15) is 15.6 Å². The van der Waals surface area contributed by atoms with Gasteiger partial charge in [0.15, 0.2) is 0 Å². The van der Waals surface area contributed by atoms with Gasteiger partial charge in [0.25, 0.3) is 0 Å². The van der Waals surface area contributed by atoms with Crippen molar-refractivity contribution in [2.24, 2.45) is 0 Å². The van der Waals surface area contributed by atoms with Crippen molar-refractivity contribution >= 4 is 17.0 Å². The molecule has 0 aliphatic rings. The highest BCUT2D eigenvalue weighted by Gasteiger charge is 2.06. The van der Waals surface area contributed by atoms with Gasteiger partial charge in [-0.3, -0.25) is 0 Å². The van der Waals surface area contributed by atoms with E-state index in [1.165, 1.54) is 4.88 Å². The first-order valence-electron chi connectivity index (χ1n) is 5.59. The maximum Gasteiger partial charge on any atom is 0.143 e. The summed E-state index contributed by atoms with van der Waals surface area (Å²) >= 11 is 1.65. The molecule has 96 valence electrons. The Morgan fingerprint density at radius 3 is 2.67 bits per heavy atom. The molecule has 0 saturated carbocycles. The first-order valence-corrected chi connectivity index (χ1v) is 6.41. The third-order valence-electron chi connectivity index (χ3n) is 2.64. The predicted molar refractivity (Wildman–Crippen MR) is 73.3 cm³/mol. The van der Waals surface area contributed by atoms with Crippen LogP contribution in [0.5, 0.6) is 11.5 Å². The fraction of sp³-hybridized carbons (Fsp3) is 0.308. The molecule has 2 aromatic rings. The fourth-order valence-corrected chi connectivity index (χ4v) is 2.37. The van der Waals surface area contributed by atoms with Crippen molar-refractivity contribution in [1.29, 1.82) is 0 Å². The molecule has 0 amide bonds. The lowest BCUT2D eigenvalue weighted by molar-refractivity contribution is 0.306. The third-order valence-corrected chi connectivity index (χ3v) is 3.69. The van der Waals surface area contributed by atoms with E-state index in [1.807, 2.05) is 19.1 Å². The number of aryl methyl sites for hydroxylation is 2. The second kappa shape index (κ2) is 5.27. The van der Waals surface area contributed by atoms with E-state index in [9.17, 15) is 0 Å². The molecule has 1 aromatic heterocycles. The van der Waals surface area contributed by atoms with Crippen molar-refractivity contribution in [3.63, 3.8) is 0 Å². The van der Waals surface area contributed by atoms with Crippen molar-refractivity contribution < 1.29 is 9.47 Å². The zero-order valence-electron chi connectivity index (χ0n) is 10.7. The maximum absolute atomic E-state index is 5.87. The van der Waals surface area contributed by atoms with Crippen LogP contribution in [0.15, 0.2) is 18.2 Å². The van der Waals surface area contributed by atoms with Crippen LogP contribution in [0.3, 0.4) is 0 Å². The second-order valence-electron chi connectivity index (χ2n) is 3.94. The Morgan fingerprint density at radius 2 is 2.11 bits per heavy atom. The number of rotatable bonds is 4. The lowest BCUT2D eigenvalue weighted by atomic mass is 10.3. The normalized spacial score (nSPS) is 10.4. The van der Waals surface area contributed by atoms with Gasteiger partial charge in [-0.2, -0.15) is 0 Å². The van der Waals surface area contributed by atoms with Crippen molar-refractivity contribution in [2.45, 2.75) is 20.5 Å². The Hall–Kier alpha value is -1.75. The fourth-order valence-electron chi connectivity index (χ4n) is 1.53. The Morgan fingerprint density at radius 1 is 1.33 bits per heavy atom. The van der Waals surface area contributed by atoms with Gasteiger partial charge >= 0.3 is 0 Å². The Kier molecular flexibility index (Phi) is 3.72. The number of ether oxygens (including phenoxy) is 2. The molecule has 4 nitrogen and oxygen atoms in total. The largest absolute Gasteiger partial charge is 0.497 e. The van der Waals surface area contributed by atoms with Crippen molar-refractivity contribution in [3.05, 3.63) is 33.8 Å². The molecule has 0 aliphatic carbocycles. The van der Waals surface area contributed by atoms with Gasteiger partial charge in [0, 0.05) is 10.9 Å². The Bertz CT molecular complexity index is 532. The zero-order valence-corrected chi connectivity index (χ0v) is 11.5. The minimum atomic E-state index is 0.440. The van der Waals surface area contributed by atoms with Gasteiger partial charge in [0.05, 0.1) is 18.5 Å². The number of hydrogen-bond donors (Lipinski definition) is 1. The van der Waals surface area contributed by atoms with E-state index in [0.717, 1.165) is 16.5 Å². The number of nitrogen functional groups attached to an aromatic ring is 1. The van der Waals surface area contributed by atoms with Gasteiger partial charge in [0.1, 0.15) is 23.1 Å². The minimum Gasteiger partial charge on any atom is -0.497 e. The van der Waals surface area contributed by atoms with Crippen LogP contribution in [0, 0.1) is 13.8 Å². The molecule has 0 radical (unpaired) electrons. The van der Waals surface area contributed by atoms with E-state index < -0.39 is 0 Å². The van der Waals surface area contributed by atoms with E-state index in [4.69, 9.17) is 15.2 Å². The van der Waals surface area contributed by atoms with Crippen LogP contribution in [0.2, 0.25) is 0 Å². The molecule has 2 N–H and O–H groups in total. The number of benzene rings is 1. The van der Waals surface area contributed by atoms with Crippen molar-refractivity contribution in [1.82, 2.24) is 4.98 Å². The molecule has 0 aliphatic heterocycles. The molecular formula is C13H16N2O2S. The van der Waals surface area contributed by atoms with Crippen LogP contribution >= 0.6 is 11.3 Å². The van der Waals surface area contributed by atoms with Gasteiger partial charge < -0.3 is 15.2 Å². The quantitative estimate of drug-likeness (QED) is 0.863. The van der Waals surface area contributed by atoms with Crippen molar-refractivity contribution in [3.8, 4) is 11.5 Å². The highest BCUT2D eigenvalue weighted by atomic mass is 32.1. The minimum absolute atomic E-state index is 0.440. The molecule has 0 fully saturated rings. The van der Waals surface area contributed by atoms with E-state index in [2.05, 4.69) is 11.9 Å². The van der Waals surface area contributed by atoms with Gasteiger partial charge in [-0.15, -0.1) is 11.3 Å². The van der Waals surface area contributed by atoms with Crippen LogP contribution in [0.25, 0.3) is 0 Å². The molecule has 0 bridgehead atoms. The summed E-state index contributed by atoms with van der Waals surface area (Å²) in [6, 6.07) is 5.37. The van der Waals surface area contributed by atoms with Crippen LogP contribution in [-0.2, 0) is 6.61 Å². The topological polar surface area (TPSA) is 57.4 Å². The molecule has 0 saturated heterocycles. The molecular weight excluding hydrogens is 248 g/mol. The first kappa shape index (κ1) is 12.7. The molecule has 2 rings (SSSR count). The number of nitrogens with zero attached hydrogens (tertiary/aromatic N) is 1. The summed E-state index contributed by atoms with van der Waals surface area (Å²) in [6.45, 7) is 4.49. The second-order valence-corrected chi connectivity index (χ2v) is 5.23. The molecule has 18 heavy (non-hydrogen) atoms. The summed E-state index contributed by atoms with van der Waals surface area (Å²) in [4.78, 5) is 5.64. The van der Waals surface area contributed by atoms with Crippen LogP contribution < -0.4 is 15.2 Å². The Labute approximate surface area is 110 Å². The Balaban J connectivity index is 2.06. The summed E-state index contributed by atoms with van der Waals surface area (Å²) in [5, 5.41) is 0.959. The molecule has 0 unspecified atom stereocenters. The number of thiazole rings is 1. The zero-order chi connectivity index (χ0) is 13.1. The highest BCUT2D eigenvalue weighted by molar-refractivity contribution is 7.11. The standard InChI is InChI=1S/C13H16N2O2S/c1-8-9(2)18-13(15-8)7-17-12-5-4-10(16-3)6-11(12)14/h4-6H,7,14H2,1-3H3. The predicted octanol–water partition coefficient (Wildman–Crippen LogP) is 2.93. The molecule has 5 heteroatoms. The molecule has 1 heterocycles. The summed E-state index contributed by atoms with van der Waals surface area (Å²) in [7, 11) is 1.61. The van der Waals surface area contributed by atoms with E-state index in [-0.39, 0.29) is 0 Å². The number of anilines is 1. The smallest absolute Gasteiger partial charge is 0.143 e.